The number of aromatic nitrogens is 3. The Morgan fingerprint density at radius 2 is 1.88 bits per heavy atom. The Morgan fingerprint density at radius 3 is 2.56 bits per heavy atom. The predicted octanol–water partition coefficient (Wildman–Crippen LogP) is 4.57. The van der Waals surface area contributed by atoms with Gasteiger partial charge in [0.2, 0.25) is 0 Å². The lowest BCUT2D eigenvalue weighted by molar-refractivity contribution is 0.393. The number of fused-ring (bicyclic) bond motifs is 1. The number of benzene rings is 2. The highest BCUT2D eigenvalue weighted by molar-refractivity contribution is 5.88. The number of aryl methyl sites for hydroxylation is 2. The van der Waals surface area contributed by atoms with Crippen molar-refractivity contribution in [1.29, 1.82) is 0 Å². The van der Waals surface area contributed by atoms with Gasteiger partial charge in [0.25, 0.3) is 0 Å². The number of nitrogens with zero attached hydrogens (tertiary/aromatic N) is 2. The molecule has 126 valence electrons. The van der Waals surface area contributed by atoms with Crippen molar-refractivity contribution in [3.8, 4) is 11.1 Å². The van der Waals surface area contributed by atoms with E-state index < -0.39 is 0 Å². The van der Waals surface area contributed by atoms with Gasteiger partial charge in [-0.15, -0.1) is 0 Å². The Hall–Kier alpha value is -3.08. The summed E-state index contributed by atoms with van der Waals surface area (Å²) in [5.74, 6) is 1.42. The number of anilines is 1. The number of nitrogens with two attached hydrogens (primary N) is 1. The van der Waals surface area contributed by atoms with Gasteiger partial charge in [-0.25, -0.2) is 4.98 Å². The molecule has 0 aliphatic heterocycles. The van der Waals surface area contributed by atoms with Crippen LogP contribution in [0.2, 0.25) is 0 Å². The molecule has 0 unspecified atom stereocenters. The first kappa shape index (κ1) is 15.4. The SMILES string of the molecule is Cc1noc(C)c1-c1cc([C@@H](C)c2ccccc2)c2nc(N)[nH]c2c1. The molecule has 0 bridgehead atoms. The number of hydrogen-bond acceptors (Lipinski definition) is 4. The third-order valence-corrected chi connectivity index (χ3v) is 4.72. The third kappa shape index (κ3) is 2.58. The molecule has 5 nitrogen and oxygen atoms in total. The zero-order valence-corrected chi connectivity index (χ0v) is 14.5. The summed E-state index contributed by atoms with van der Waals surface area (Å²) in [6, 6.07) is 14.6. The first-order chi connectivity index (χ1) is 12.0. The Labute approximate surface area is 145 Å². The van der Waals surface area contributed by atoms with Crippen LogP contribution in [0.15, 0.2) is 47.0 Å². The second-order valence-corrected chi connectivity index (χ2v) is 6.42. The van der Waals surface area contributed by atoms with E-state index >= 15 is 0 Å². The van der Waals surface area contributed by atoms with Crippen molar-refractivity contribution >= 4 is 17.0 Å². The Kier molecular flexibility index (Phi) is 3.57. The van der Waals surface area contributed by atoms with Crippen LogP contribution in [0.3, 0.4) is 0 Å². The third-order valence-electron chi connectivity index (χ3n) is 4.72. The van der Waals surface area contributed by atoms with Gasteiger partial charge in [-0.05, 0) is 42.7 Å². The standard InChI is InChI=1S/C20H20N4O/c1-11(14-7-5-4-6-8-14)16-9-15(18-12(2)24-25-13(18)3)10-17-19(16)23-20(21)22-17/h4-11H,1-3H3,(H3,21,22,23)/t11-/m0/s1. The highest BCUT2D eigenvalue weighted by Gasteiger charge is 2.19. The smallest absolute Gasteiger partial charge is 0.198 e. The van der Waals surface area contributed by atoms with E-state index in [0.717, 1.165) is 39.2 Å². The summed E-state index contributed by atoms with van der Waals surface area (Å²) in [6.45, 7) is 6.07. The molecule has 0 aliphatic rings. The summed E-state index contributed by atoms with van der Waals surface area (Å²) in [5.41, 5.74) is 13.1. The second kappa shape index (κ2) is 5.77. The van der Waals surface area contributed by atoms with Crippen molar-refractivity contribution < 1.29 is 4.52 Å². The summed E-state index contributed by atoms with van der Waals surface area (Å²) in [6.07, 6.45) is 0. The van der Waals surface area contributed by atoms with Crippen molar-refractivity contribution in [3.63, 3.8) is 0 Å². The first-order valence-corrected chi connectivity index (χ1v) is 8.32. The average molecular weight is 332 g/mol. The van der Waals surface area contributed by atoms with E-state index in [1.165, 1.54) is 5.56 Å². The molecule has 0 aliphatic carbocycles. The minimum absolute atomic E-state index is 0.187. The minimum Gasteiger partial charge on any atom is -0.369 e. The van der Waals surface area contributed by atoms with Crippen LogP contribution in [0, 0.1) is 13.8 Å². The molecule has 2 aromatic carbocycles. The van der Waals surface area contributed by atoms with E-state index in [0.29, 0.717) is 5.95 Å². The fraction of sp³-hybridized carbons (Fsp3) is 0.200. The number of nitrogens with one attached hydrogen (secondary N) is 1. The molecule has 0 saturated heterocycles. The van der Waals surface area contributed by atoms with E-state index in [9.17, 15) is 0 Å². The van der Waals surface area contributed by atoms with Crippen molar-refractivity contribution in [2.75, 3.05) is 5.73 Å². The molecule has 3 N–H and O–H groups in total. The lowest BCUT2D eigenvalue weighted by atomic mass is 9.89. The van der Waals surface area contributed by atoms with Crippen LogP contribution >= 0.6 is 0 Å². The number of nitrogen functional groups attached to an aromatic ring is 1. The fourth-order valence-electron chi connectivity index (χ4n) is 3.45. The highest BCUT2D eigenvalue weighted by Crippen LogP contribution is 2.36. The molecule has 0 amide bonds. The van der Waals surface area contributed by atoms with E-state index in [1.54, 1.807) is 0 Å². The summed E-state index contributed by atoms with van der Waals surface area (Å²) >= 11 is 0. The number of imidazole rings is 1. The maximum absolute atomic E-state index is 5.93. The Morgan fingerprint density at radius 1 is 1.12 bits per heavy atom. The molecule has 2 heterocycles. The summed E-state index contributed by atoms with van der Waals surface area (Å²) in [7, 11) is 0. The zero-order valence-electron chi connectivity index (χ0n) is 14.5. The molecule has 2 aromatic heterocycles. The van der Waals surface area contributed by atoms with Crippen molar-refractivity contribution in [1.82, 2.24) is 15.1 Å². The van der Waals surface area contributed by atoms with Gasteiger partial charge in [-0.1, -0.05) is 42.4 Å². The van der Waals surface area contributed by atoms with E-state index in [1.807, 2.05) is 19.9 Å². The van der Waals surface area contributed by atoms with Crippen LogP contribution in [0.5, 0.6) is 0 Å². The summed E-state index contributed by atoms with van der Waals surface area (Å²) in [5, 5.41) is 4.08. The van der Waals surface area contributed by atoms with Gasteiger partial charge in [-0.3, -0.25) is 0 Å². The van der Waals surface area contributed by atoms with Crippen LogP contribution < -0.4 is 5.73 Å². The lowest BCUT2D eigenvalue weighted by Crippen LogP contribution is -1.98. The molecular formula is C20H20N4O. The monoisotopic (exact) mass is 332 g/mol. The van der Waals surface area contributed by atoms with Gasteiger partial charge < -0.3 is 15.2 Å². The van der Waals surface area contributed by atoms with Crippen LogP contribution in [-0.2, 0) is 0 Å². The van der Waals surface area contributed by atoms with E-state index in [4.69, 9.17) is 10.3 Å². The average Bonchev–Trinajstić information content (AvgIpc) is 3.15. The molecule has 1 atom stereocenters. The molecule has 25 heavy (non-hydrogen) atoms. The second-order valence-electron chi connectivity index (χ2n) is 6.42. The number of H-pyrrole nitrogens is 1. The van der Waals surface area contributed by atoms with Crippen molar-refractivity contribution in [2.45, 2.75) is 26.7 Å². The molecule has 0 radical (unpaired) electrons. The summed E-state index contributed by atoms with van der Waals surface area (Å²) in [4.78, 5) is 7.67. The van der Waals surface area contributed by atoms with Gasteiger partial charge >= 0.3 is 0 Å². The molecule has 5 heteroatoms. The van der Waals surface area contributed by atoms with Crippen LogP contribution in [0.1, 0.15) is 35.4 Å². The minimum atomic E-state index is 0.187. The molecule has 4 rings (SSSR count). The predicted molar refractivity (Wildman–Crippen MR) is 99.4 cm³/mol. The van der Waals surface area contributed by atoms with Gasteiger partial charge in [0.05, 0.1) is 16.7 Å². The maximum Gasteiger partial charge on any atom is 0.198 e. The highest BCUT2D eigenvalue weighted by atomic mass is 16.5. The topological polar surface area (TPSA) is 80.7 Å². The molecule has 0 saturated carbocycles. The van der Waals surface area contributed by atoms with Crippen molar-refractivity contribution in [2.24, 2.45) is 0 Å². The largest absolute Gasteiger partial charge is 0.369 e. The molecular weight excluding hydrogens is 312 g/mol. The fourth-order valence-corrected chi connectivity index (χ4v) is 3.45. The van der Waals surface area contributed by atoms with Crippen LogP contribution in [-0.4, -0.2) is 15.1 Å². The zero-order chi connectivity index (χ0) is 17.6. The normalized spacial score (nSPS) is 12.6. The lowest BCUT2D eigenvalue weighted by Gasteiger charge is -2.15. The van der Waals surface area contributed by atoms with Crippen LogP contribution in [0.25, 0.3) is 22.2 Å². The summed E-state index contributed by atoms with van der Waals surface area (Å²) < 4.78 is 5.35. The molecule has 0 spiro atoms. The van der Waals surface area contributed by atoms with Gasteiger partial charge in [0, 0.05) is 11.5 Å². The number of aromatic amines is 1. The first-order valence-electron chi connectivity index (χ1n) is 8.32. The van der Waals surface area contributed by atoms with E-state index in [2.05, 4.69) is 58.4 Å². The number of hydrogen-bond donors (Lipinski definition) is 2. The quantitative estimate of drug-likeness (QED) is 0.576. The van der Waals surface area contributed by atoms with Gasteiger partial charge in [0.1, 0.15) is 5.76 Å². The Bertz CT molecular complexity index is 1030. The van der Waals surface area contributed by atoms with Gasteiger partial charge in [-0.2, -0.15) is 0 Å². The molecule has 4 aromatic rings. The molecule has 0 fully saturated rings. The maximum atomic E-state index is 5.93. The number of rotatable bonds is 3. The van der Waals surface area contributed by atoms with Crippen molar-refractivity contribution in [3.05, 3.63) is 65.0 Å². The van der Waals surface area contributed by atoms with Gasteiger partial charge in [0.15, 0.2) is 5.95 Å². The Balaban J connectivity index is 1.96. The van der Waals surface area contributed by atoms with E-state index in [-0.39, 0.29) is 5.92 Å². The van der Waals surface area contributed by atoms with Crippen LogP contribution in [0.4, 0.5) is 5.95 Å².